The van der Waals surface area contributed by atoms with E-state index in [-0.39, 0.29) is 28.7 Å². The molecule has 0 amide bonds. The van der Waals surface area contributed by atoms with E-state index >= 15 is 0 Å². The van der Waals surface area contributed by atoms with E-state index in [9.17, 15) is 10.2 Å². The lowest BCUT2D eigenvalue weighted by Crippen LogP contribution is -1.85. The van der Waals surface area contributed by atoms with Gasteiger partial charge in [0.2, 0.25) is 0 Å². The number of para-hydroxylation sites is 2. The maximum atomic E-state index is 9.48. The number of phenols is 3. The average Bonchev–Trinajstić information content (AvgIpc) is 2.25. The molecule has 0 spiro atoms. The molecule has 0 aliphatic rings. The molecule has 0 bridgehead atoms. The van der Waals surface area contributed by atoms with Crippen molar-refractivity contribution in [1.29, 1.82) is 0 Å². The first kappa shape index (κ1) is 10.2. The topological polar surface area (TPSA) is 69.9 Å². The maximum Gasteiger partial charge on any atom is 0.169 e. The predicted molar refractivity (Wildman–Crippen MR) is 58.0 cm³/mol. The average molecular weight is 218 g/mol. The first-order valence-corrected chi connectivity index (χ1v) is 4.64. The Morgan fingerprint density at radius 3 is 2.12 bits per heavy atom. The van der Waals surface area contributed by atoms with Gasteiger partial charge in [-0.15, -0.1) is 0 Å². The minimum absolute atomic E-state index is 0.0185. The van der Waals surface area contributed by atoms with Crippen molar-refractivity contribution in [1.82, 2.24) is 0 Å². The molecule has 82 valence electrons. The molecule has 2 rings (SSSR count). The molecule has 3 N–H and O–H groups in total. The number of hydrogen-bond donors (Lipinski definition) is 3. The van der Waals surface area contributed by atoms with Crippen LogP contribution in [-0.2, 0) is 0 Å². The number of benzene rings is 2. The van der Waals surface area contributed by atoms with Crippen LogP contribution in [0.2, 0.25) is 0 Å². The van der Waals surface area contributed by atoms with Crippen LogP contribution in [0.25, 0.3) is 0 Å². The maximum absolute atomic E-state index is 9.48. The second kappa shape index (κ2) is 4.02. The summed E-state index contributed by atoms with van der Waals surface area (Å²) >= 11 is 0. The summed E-state index contributed by atoms with van der Waals surface area (Å²) in [6.45, 7) is 0. The van der Waals surface area contributed by atoms with Crippen molar-refractivity contribution >= 4 is 0 Å². The highest BCUT2D eigenvalue weighted by molar-refractivity contribution is 5.48. The lowest BCUT2D eigenvalue weighted by atomic mass is 10.3. The van der Waals surface area contributed by atoms with Crippen LogP contribution in [0.15, 0.2) is 42.5 Å². The molecule has 2 aromatic rings. The first-order valence-electron chi connectivity index (χ1n) is 4.64. The lowest BCUT2D eigenvalue weighted by molar-refractivity contribution is 0.381. The molecule has 0 atom stereocenters. The SMILES string of the molecule is Oc1ccc(Oc2ccccc2O)c(O)c1. The van der Waals surface area contributed by atoms with E-state index < -0.39 is 0 Å². The summed E-state index contributed by atoms with van der Waals surface area (Å²) in [5.41, 5.74) is 0. The van der Waals surface area contributed by atoms with Gasteiger partial charge in [-0.25, -0.2) is 0 Å². The van der Waals surface area contributed by atoms with E-state index in [1.807, 2.05) is 0 Å². The van der Waals surface area contributed by atoms with Crippen LogP contribution >= 0.6 is 0 Å². The molecule has 16 heavy (non-hydrogen) atoms. The third kappa shape index (κ3) is 2.00. The van der Waals surface area contributed by atoms with Crippen molar-refractivity contribution in [3.63, 3.8) is 0 Å². The lowest BCUT2D eigenvalue weighted by Gasteiger charge is -2.08. The number of phenolic OH excluding ortho intramolecular Hbond substituents is 3. The third-order valence-electron chi connectivity index (χ3n) is 2.03. The molecule has 0 unspecified atom stereocenters. The van der Waals surface area contributed by atoms with Crippen molar-refractivity contribution in [2.75, 3.05) is 0 Å². The fourth-order valence-corrected chi connectivity index (χ4v) is 1.25. The Hall–Kier alpha value is -2.36. The van der Waals surface area contributed by atoms with Gasteiger partial charge < -0.3 is 20.1 Å². The normalized spacial score (nSPS) is 10.0. The highest BCUT2D eigenvalue weighted by Gasteiger charge is 2.07. The molecular formula is C12H10O4. The molecule has 0 fully saturated rings. The van der Waals surface area contributed by atoms with E-state index in [2.05, 4.69) is 0 Å². The van der Waals surface area contributed by atoms with Crippen molar-refractivity contribution in [2.45, 2.75) is 0 Å². The highest BCUT2D eigenvalue weighted by atomic mass is 16.5. The van der Waals surface area contributed by atoms with Gasteiger partial charge in [-0.1, -0.05) is 12.1 Å². The van der Waals surface area contributed by atoms with E-state index in [1.54, 1.807) is 18.2 Å². The molecule has 0 radical (unpaired) electrons. The van der Waals surface area contributed by atoms with E-state index in [0.29, 0.717) is 0 Å². The molecule has 4 heteroatoms. The minimum atomic E-state index is -0.191. The van der Waals surface area contributed by atoms with Crippen molar-refractivity contribution in [2.24, 2.45) is 0 Å². The summed E-state index contributed by atoms with van der Waals surface area (Å²) in [6.07, 6.45) is 0. The van der Waals surface area contributed by atoms with Gasteiger partial charge in [-0.05, 0) is 24.3 Å². The smallest absolute Gasteiger partial charge is 0.169 e. The summed E-state index contributed by atoms with van der Waals surface area (Å²) in [6, 6.07) is 10.4. The van der Waals surface area contributed by atoms with Crippen molar-refractivity contribution in [3.05, 3.63) is 42.5 Å². The molecular weight excluding hydrogens is 208 g/mol. The van der Waals surface area contributed by atoms with E-state index in [0.717, 1.165) is 6.07 Å². The molecule has 0 aliphatic carbocycles. The number of ether oxygens (including phenoxy) is 1. The van der Waals surface area contributed by atoms with Crippen LogP contribution < -0.4 is 4.74 Å². The number of hydrogen-bond acceptors (Lipinski definition) is 4. The zero-order chi connectivity index (χ0) is 11.5. The Kier molecular flexibility index (Phi) is 2.55. The molecule has 0 saturated carbocycles. The van der Waals surface area contributed by atoms with Crippen LogP contribution in [0, 0.1) is 0 Å². The summed E-state index contributed by atoms with van der Waals surface area (Å²) in [4.78, 5) is 0. The molecule has 0 heterocycles. The second-order valence-corrected chi connectivity index (χ2v) is 3.22. The first-order chi connectivity index (χ1) is 7.66. The van der Waals surface area contributed by atoms with Crippen molar-refractivity contribution in [3.8, 4) is 28.7 Å². The Balaban J connectivity index is 2.31. The second-order valence-electron chi connectivity index (χ2n) is 3.22. The van der Waals surface area contributed by atoms with Gasteiger partial charge in [-0.3, -0.25) is 0 Å². The Morgan fingerprint density at radius 2 is 1.44 bits per heavy atom. The summed E-state index contributed by atoms with van der Waals surface area (Å²) < 4.78 is 5.28. The van der Waals surface area contributed by atoms with Crippen LogP contribution in [0.5, 0.6) is 28.7 Å². The highest BCUT2D eigenvalue weighted by Crippen LogP contribution is 2.36. The van der Waals surface area contributed by atoms with Gasteiger partial charge >= 0.3 is 0 Å². The monoisotopic (exact) mass is 218 g/mol. The van der Waals surface area contributed by atoms with Gasteiger partial charge in [-0.2, -0.15) is 0 Å². The van der Waals surface area contributed by atoms with E-state index in [4.69, 9.17) is 9.84 Å². The van der Waals surface area contributed by atoms with Gasteiger partial charge in [0.15, 0.2) is 23.0 Å². The Labute approximate surface area is 92.0 Å². The fourth-order valence-electron chi connectivity index (χ4n) is 1.25. The standard InChI is InChI=1S/C12H10O4/c13-8-5-6-12(10(15)7-8)16-11-4-2-1-3-9(11)14/h1-7,13-15H. The predicted octanol–water partition coefficient (Wildman–Crippen LogP) is 2.60. The van der Waals surface area contributed by atoms with Crippen LogP contribution in [-0.4, -0.2) is 15.3 Å². The fraction of sp³-hybridized carbons (Fsp3) is 0. The van der Waals surface area contributed by atoms with Crippen LogP contribution in [0.1, 0.15) is 0 Å². The summed E-state index contributed by atoms with van der Waals surface area (Å²) in [5, 5.41) is 28.0. The quantitative estimate of drug-likeness (QED) is 0.724. The summed E-state index contributed by atoms with van der Waals surface area (Å²) in [5.74, 6) is 0.142. The Morgan fingerprint density at radius 1 is 0.750 bits per heavy atom. The molecule has 0 aromatic heterocycles. The minimum Gasteiger partial charge on any atom is -0.508 e. The van der Waals surface area contributed by atoms with Gasteiger partial charge in [0.25, 0.3) is 0 Å². The molecule has 0 saturated heterocycles. The number of aromatic hydroxyl groups is 3. The van der Waals surface area contributed by atoms with Gasteiger partial charge in [0.1, 0.15) is 5.75 Å². The molecule has 4 nitrogen and oxygen atoms in total. The van der Waals surface area contributed by atoms with Crippen LogP contribution in [0.4, 0.5) is 0 Å². The molecule has 0 aliphatic heterocycles. The van der Waals surface area contributed by atoms with Gasteiger partial charge in [0.05, 0.1) is 0 Å². The van der Waals surface area contributed by atoms with Gasteiger partial charge in [0, 0.05) is 6.07 Å². The van der Waals surface area contributed by atoms with Crippen molar-refractivity contribution < 1.29 is 20.1 Å². The largest absolute Gasteiger partial charge is 0.508 e. The number of rotatable bonds is 2. The Bertz CT molecular complexity index is 508. The zero-order valence-electron chi connectivity index (χ0n) is 8.29. The zero-order valence-corrected chi connectivity index (χ0v) is 8.29. The third-order valence-corrected chi connectivity index (χ3v) is 2.03. The van der Waals surface area contributed by atoms with Crippen LogP contribution in [0.3, 0.4) is 0 Å². The summed E-state index contributed by atoms with van der Waals surface area (Å²) in [7, 11) is 0. The molecule has 2 aromatic carbocycles. The van der Waals surface area contributed by atoms with E-state index in [1.165, 1.54) is 18.2 Å².